The summed E-state index contributed by atoms with van der Waals surface area (Å²) >= 11 is 0. The Morgan fingerprint density at radius 1 is 1.09 bits per heavy atom. The molecule has 0 radical (unpaired) electrons. The third-order valence-corrected chi connectivity index (χ3v) is 7.35. The fourth-order valence-electron chi connectivity index (χ4n) is 5.21. The number of para-hydroxylation sites is 2. The third-order valence-electron chi connectivity index (χ3n) is 7.35. The largest absolute Gasteiger partial charge is 0.439 e. The lowest BCUT2D eigenvalue weighted by atomic mass is 9.79. The number of H-pyrrole nitrogens is 1. The van der Waals surface area contributed by atoms with Gasteiger partial charge in [-0.3, -0.25) is 4.79 Å². The Balaban J connectivity index is 1.20. The van der Waals surface area contributed by atoms with Crippen LogP contribution in [0.3, 0.4) is 0 Å². The van der Waals surface area contributed by atoms with E-state index in [0.29, 0.717) is 34.4 Å². The number of carbonyl (C=O) groups is 1. The smallest absolute Gasteiger partial charge is 0.228 e. The predicted octanol–water partition coefficient (Wildman–Crippen LogP) is 6.27. The molecule has 2 aromatic carbocycles. The van der Waals surface area contributed by atoms with Crippen LogP contribution in [0.2, 0.25) is 0 Å². The molecule has 3 atom stereocenters. The molecule has 6 rings (SSSR count). The molecule has 4 aromatic rings. The summed E-state index contributed by atoms with van der Waals surface area (Å²) in [4.78, 5) is 24.9. The van der Waals surface area contributed by atoms with Crippen molar-refractivity contribution in [1.82, 2.24) is 15.0 Å². The molecule has 0 amide bonds. The van der Waals surface area contributed by atoms with E-state index in [2.05, 4.69) is 27.9 Å². The number of aromatic nitrogens is 3. The molecule has 5 nitrogen and oxygen atoms in total. The zero-order valence-corrected chi connectivity index (χ0v) is 18.0. The van der Waals surface area contributed by atoms with Gasteiger partial charge in [0.2, 0.25) is 11.7 Å². The Kier molecular flexibility index (Phi) is 4.39. The van der Waals surface area contributed by atoms with E-state index in [-0.39, 0.29) is 5.78 Å². The average molecular weight is 424 g/mol. The van der Waals surface area contributed by atoms with E-state index in [1.54, 1.807) is 18.3 Å². The zero-order chi connectivity index (χ0) is 21.7. The number of pyridine rings is 1. The van der Waals surface area contributed by atoms with Gasteiger partial charge in [-0.05, 0) is 85.4 Å². The van der Waals surface area contributed by atoms with Gasteiger partial charge in [-0.1, -0.05) is 25.1 Å². The number of imidazole rings is 1. The minimum atomic E-state index is -0.138. The summed E-state index contributed by atoms with van der Waals surface area (Å²) in [5.41, 5.74) is 3.99. The monoisotopic (exact) mass is 423 g/mol. The van der Waals surface area contributed by atoms with Crippen molar-refractivity contribution < 1.29 is 9.53 Å². The molecule has 32 heavy (non-hydrogen) atoms. The summed E-state index contributed by atoms with van der Waals surface area (Å²) in [5, 5.41) is 0. The highest BCUT2D eigenvalue weighted by Crippen LogP contribution is 2.64. The number of aromatic amines is 1. The highest BCUT2D eigenvalue weighted by atomic mass is 16.5. The SMILES string of the molecule is CC12CCC(c3cccnc3Oc3ccc(C(=O)c4nc5ccccc5[nH]4)cc3)CC1C2. The summed E-state index contributed by atoms with van der Waals surface area (Å²) < 4.78 is 6.18. The second kappa shape index (κ2) is 7.30. The topological polar surface area (TPSA) is 67.9 Å². The van der Waals surface area contributed by atoms with Crippen LogP contribution in [0.4, 0.5) is 0 Å². The third kappa shape index (κ3) is 3.38. The van der Waals surface area contributed by atoms with E-state index in [1.807, 2.05) is 42.5 Å². The number of ether oxygens (including phenoxy) is 1. The van der Waals surface area contributed by atoms with Crippen molar-refractivity contribution in [1.29, 1.82) is 0 Å². The Labute approximate surface area is 186 Å². The molecule has 2 saturated carbocycles. The number of nitrogens with one attached hydrogen (secondary N) is 1. The minimum Gasteiger partial charge on any atom is -0.439 e. The van der Waals surface area contributed by atoms with Crippen LogP contribution >= 0.6 is 0 Å². The van der Waals surface area contributed by atoms with E-state index in [9.17, 15) is 4.79 Å². The lowest BCUT2D eigenvalue weighted by molar-refractivity contribution is 0.103. The highest BCUT2D eigenvalue weighted by Gasteiger charge is 2.53. The van der Waals surface area contributed by atoms with Gasteiger partial charge in [0, 0.05) is 17.3 Å². The first-order valence-corrected chi connectivity index (χ1v) is 11.3. The van der Waals surface area contributed by atoms with E-state index >= 15 is 0 Å². The lowest BCUT2D eigenvalue weighted by Crippen LogP contribution is -2.13. The lowest BCUT2D eigenvalue weighted by Gasteiger charge is -2.26. The standard InChI is InChI=1S/C27H25N3O2/c1-27-13-12-18(15-19(27)16-27)21-5-4-14-28-26(21)32-20-10-8-17(9-11-20)24(31)25-29-22-6-2-3-7-23(22)30-25/h2-11,14,18-19H,12-13,15-16H2,1H3,(H,29,30). The summed E-state index contributed by atoms with van der Waals surface area (Å²) in [5.74, 6) is 2.92. The minimum absolute atomic E-state index is 0.138. The number of fused-ring (bicyclic) bond motifs is 2. The molecular formula is C27H25N3O2. The van der Waals surface area contributed by atoms with Crippen molar-refractivity contribution in [3.05, 3.63) is 83.8 Å². The molecule has 2 aliphatic carbocycles. The maximum atomic E-state index is 12.9. The van der Waals surface area contributed by atoms with Gasteiger partial charge in [-0.15, -0.1) is 0 Å². The molecule has 2 heterocycles. The van der Waals surface area contributed by atoms with Crippen LogP contribution in [0.25, 0.3) is 11.0 Å². The van der Waals surface area contributed by atoms with E-state index in [1.165, 1.54) is 31.2 Å². The molecular weight excluding hydrogens is 398 g/mol. The Bertz CT molecular complexity index is 1280. The Morgan fingerprint density at radius 3 is 2.75 bits per heavy atom. The number of ketones is 1. The second-order valence-corrected chi connectivity index (χ2v) is 9.48. The molecule has 2 aromatic heterocycles. The molecule has 2 fully saturated rings. The zero-order valence-electron chi connectivity index (χ0n) is 18.0. The van der Waals surface area contributed by atoms with Crippen LogP contribution in [0, 0.1) is 11.3 Å². The molecule has 3 unspecified atom stereocenters. The number of nitrogens with zero attached hydrogens (tertiary/aromatic N) is 2. The van der Waals surface area contributed by atoms with Crippen molar-refractivity contribution in [2.24, 2.45) is 11.3 Å². The first kappa shape index (κ1) is 19.2. The van der Waals surface area contributed by atoms with Gasteiger partial charge in [0.25, 0.3) is 0 Å². The van der Waals surface area contributed by atoms with Gasteiger partial charge in [0.1, 0.15) is 5.75 Å². The van der Waals surface area contributed by atoms with E-state index < -0.39 is 0 Å². The van der Waals surface area contributed by atoms with Crippen LogP contribution in [0.15, 0.2) is 66.9 Å². The summed E-state index contributed by atoms with van der Waals surface area (Å²) in [6, 6.07) is 19.0. The highest BCUT2D eigenvalue weighted by molar-refractivity contribution is 6.08. The molecule has 160 valence electrons. The normalized spacial score (nSPS) is 24.2. The predicted molar refractivity (Wildman–Crippen MR) is 123 cm³/mol. The van der Waals surface area contributed by atoms with Crippen LogP contribution in [0.5, 0.6) is 11.6 Å². The molecule has 0 saturated heterocycles. The second-order valence-electron chi connectivity index (χ2n) is 9.48. The van der Waals surface area contributed by atoms with Gasteiger partial charge in [-0.2, -0.15) is 0 Å². The van der Waals surface area contributed by atoms with Crippen molar-refractivity contribution in [3.63, 3.8) is 0 Å². The van der Waals surface area contributed by atoms with Crippen LogP contribution in [0.1, 0.15) is 60.3 Å². The van der Waals surface area contributed by atoms with E-state index in [4.69, 9.17) is 4.74 Å². The first-order chi connectivity index (χ1) is 15.6. The maximum absolute atomic E-state index is 12.9. The molecule has 0 spiro atoms. The molecule has 0 bridgehead atoms. The van der Waals surface area contributed by atoms with Gasteiger partial charge in [0.15, 0.2) is 5.82 Å². The van der Waals surface area contributed by atoms with Gasteiger partial charge >= 0.3 is 0 Å². The van der Waals surface area contributed by atoms with Crippen LogP contribution in [-0.2, 0) is 0 Å². The summed E-state index contributed by atoms with van der Waals surface area (Å²) in [7, 11) is 0. The van der Waals surface area contributed by atoms with Crippen LogP contribution in [-0.4, -0.2) is 20.7 Å². The summed E-state index contributed by atoms with van der Waals surface area (Å²) in [6.07, 6.45) is 6.85. The van der Waals surface area contributed by atoms with E-state index in [0.717, 1.165) is 17.0 Å². The van der Waals surface area contributed by atoms with Gasteiger partial charge < -0.3 is 9.72 Å². The number of rotatable bonds is 5. The number of hydrogen-bond acceptors (Lipinski definition) is 4. The number of carbonyl (C=O) groups excluding carboxylic acids is 1. The molecule has 0 aliphatic heterocycles. The van der Waals surface area contributed by atoms with Crippen molar-refractivity contribution in [2.75, 3.05) is 0 Å². The molecule has 1 N–H and O–H groups in total. The fraction of sp³-hybridized carbons (Fsp3) is 0.296. The van der Waals surface area contributed by atoms with Crippen LogP contribution < -0.4 is 4.74 Å². The van der Waals surface area contributed by atoms with Gasteiger partial charge in [0.05, 0.1) is 11.0 Å². The molecule has 5 heteroatoms. The van der Waals surface area contributed by atoms with Crippen molar-refractivity contribution in [3.8, 4) is 11.6 Å². The molecule has 2 aliphatic rings. The fourth-order valence-corrected chi connectivity index (χ4v) is 5.21. The Hall–Kier alpha value is -3.47. The maximum Gasteiger partial charge on any atom is 0.228 e. The Morgan fingerprint density at radius 2 is 1.94 bits per heavy atom. The van der Waals surface area contributed by atoms with Crippen molar-refractivity contribution in [2.45, 2.75) is 38.5 Å². The number of hydrogen-bond donors (Lipinski definition) is 1. The first-order valence-electron chi connectivity index (χ1n) is 11.3. The van der Waals surface area contributed by atoms with Crippen molar-refractivity contribution >= 4 is 16.8 Å². The van der Waals surface area contributed by atoms with Gasteiger partial charge in [-0.25, -0.2) is 9.97 Å². The number of benzene rings is 2. The average Bonchev–Trinajstić information content (AvgIpc) is 3.31. The summed E-state index contributed by atoms with van der Waals surface area (Å²) in [6.45, 7) is 2.42. The quantitative estimate of drug-likeness (QED) is 0.384.